The van der Waals surface area contributed by atoms with Crippen molar-refractivity contribution in [1.82, 2.24) is 4.98 Å². The van der Waals surface area contributed by atoms with Crippen molar-refractivity contribution in [2.45, 2.75) is 13.3 Å². The Bertz CT molecular complexity index is 439. The zero-order valence-corrected chi connectivity index (χ0v) is 9.39. The van der Waals surface area contributed by atoms with Gasteiger partial charge in [0.15, 0.2) is 0 Å². The second-order valence-electron chi connectivity index (χ2n) is 3.72. The average Bonchev–Trinajstić information content (AvgIpc) is 2.30. The second kappa shape index (κ2) is 5.31. The molecule has 0 N–H and O–H groups in total. The average molecular weight is 213 g/mol. The number of hydrogen-bond acceptors (Lipinski definition) is 2. The zero-order valence-electron chi connectivity index (χ0n) is 9.39. The van der Waals surface area contributed by atoms with Crippen LogP contribution in [-0.2, 0) is 6.42 Å². The normalized spacial score (nSPS) is 10.1. The fourth-order valence-corrected chi connectivity index (χ4v) is 1.54. The van der Waals surface area contributed by atoms with Gasteiger partial charge in [-0.1, -0.05) is 30.3 Å². The highest BCUT2D eigenvalue weighted by molar-refractivity contribution is 5.22. The molecule has 0 spiro atoms. The predicted molar refractivity (Wildman–Crippen MR) is 64.6 cm³/mol. The van der Waals surface area contributed by atoms with E-state index in [1.807, 2.05) is 37.3 Å². The van der Waals surface area contributed by atoms with Gasteiger partial charge in [0.25, 0.3) is 0 Å². The molecule has 0 atom stereocenters. The first-order valence-corrected chi connectivity index (χ1v) is 5.44. The van der Waals surface area contributed by atoms with Crippen molar-refractivity contribution in [3.63, 3.8) is 0 Å². The molecule has 0 unspecified atom stereocenters. The third-order valence-corrected chi connectivity index (χ3v) is 2.37. The van der Waals surface area contributed by atoms with Crippen LogP contribution in [0, 0.1) is 6.92 Å². The van der Waals surface area contributed by atoms with Gasteiger partial charge in [0, 0.05) is 24.4 Å². The Balaban J connectivity index is 1.85. The minimum absolute atomic E-state index is 0.702. The summed E-state index contributed by atoms with van der Waals surface area (Å²) < 4.78 is 5.65. The Kier molecular flexibility index (Phi) is 3.54. The van der Waals surface area contributed by atoms with Gasteiger partial charge in [0.2, 0.25) is 0 Å². The molecule has 0 aliphatic carbocycles. The lowest BCUT2D eigenvalue weighted by molar-refractivity contribution is 0.321. The van der Waals surface area contributed by atoms with Crippen LogP contribution < -0.4 is 4.74 Å². The topological polar surface area (TPSA) is 22.1 Å². The Labute approximate surface area is 95.9 Å². The molecule has 1 heterocycles. The van der Waals surface area contributed by atoms with Crippen LogP contribution in [-0.4, -0.2) is 11.6 Å². The molecule has 0 fully saturated rings. The molecule has 0 saturated carbocycles. The summed E-state index contributed by atoms with van der Waals surface area (Å²) in [4.78, 5) is 4.13. The van der Waals surface area contributed by atoms with E-state index in [2.05, 4.69) is 17.1 Å². The summed E-state index contributed by atoms with van der Waals surface area (Å²) in [5.74, 6) is 0.892. The standard InChI is InChI=1S/C14H15NO/c1-12-11-14(7-9-15-12)16-10-8-13-5-3-2-4-6-13/h2-7,9,11H,8,10H2,1H3. The molecular formula is C14H15NO. The Morgan fingerprint density at radius 2 is 1.94 bits per heavy atom. The molecular weight excluding hydrogens is 198 g/mol. The number of aromatic nitrogens is 1. The van der Waals surface area contributed by atoms with Crippen LogP contribution in [0.15, 0.2) is 48.7 Å². The second-order valence-corrected chi connectivity index (χ2v) is 3.72. The summed E-state index contributed by atoms with van der Waals surface area (Å²) in [5.41, 5.74) is 2.28. The summed E-state index contributed by atoms with van der Waals surface area (Å²) in [6.45, 7) is 2.66. The molecule has 2 aromatic rings. The van der Waals surface area contributed by atoms with Gasteiger partial charge in [-0.3, -0.25) is 4.98 Å². The fourth-order valence-electron chi connectivity index (χ4n) is 1.54. The lowest BCUT2D eigenvalue weighted by atomic mass is 10.2. The number of pyridine rings is 1. The highest BCUT2D eigenvalue weighted by Gasteiger charge is 1.95. The highest BCUT2D eigenvalue weighted by atomic mass is 16.5. The van der Waals surface area contributed by atoms with Crippen molar-refractivity contribution < 1.29 is 4.74 Å². The first kappa shape index (κ1) is 10.7. The number of hydrogen-bond donors (Lipinski definition) is 0. The van der Waals surface area contributed by atoms with E-state index in [0.717, 1.165) is 17.9 Å². The number of aryl methyl sites for hydroxylation is 1. The van der Waals surface area contributed by atoms with Crippen LogP contribution in [0.4, 0.5) is 0 Å². The largest absolute Gasteiger partial charge is 0.493 e. The summed E-state index contributed by atoms with van der Waals surface area (Å²) in [6, 6.07) is 14.2. The van der Waals surface area contributed by atoms with Crippen LogP contribution >= 0.6 is 0 Å². The monoisotopic (exact) mass is 213 g/mol. The van der Waals surface area contributed by atoms with E-state index in [9.17, 15) is 0 Å². The quantitative estimate of drug-likeness (QED) is 0.778. The third-order valence-electron chi connectivity index (χ3n) is 2.37. The van der Waals surface area contributed by atoms with E-state index >= 15 is 0 Å². The molecule has 16 heavy (non-hydrogen) atoms. The molecule has 0 radical (unpaired) electrons. The minimum Gasteiger partial charge on any atom is -0.493 e. The van der Waals surface area contributed by atoms with E-state index in [1.165, 1.54) is 5.56 Å². The maximum atomic E-state index is 5.65. The van der Waals surface area contributed by atoms with Crippen LogP contribution in [0.1, 0.15) is 11.3 Å². The number of nitrogens with zero attached hydrogens (tertiary/aromatic N) is 1. The number of ether oxygens (including phenoxy) is 1. The summed E-state index contributed by atoms with van der Waals surface area (Å²) in [5, 5.41) is 0. The zero-order chi connectivity index (χ0) is 11.2. The highest BCUT2D eigenvalue weighted by Crippen LogP contribution is 2.10. The van der Waals surface area contributed by atoms with Gasteiger partial charge < -0.3 is 4.74 Å². The van der Waals surface area contributed by atoms with Crippen LogP contribution in [0.2, 0.25) is 0 Å². The van der Waals surface area contributed by atoms with Crippen molar-refractivity contribution in [1.29, 1.82) is 0 Å². The van der Waals surface area contributed by atoms with Crippen LogP contribution in [0.25, 0.3) is 0 Å². The van der Waals surface area contributed by atoms with Crippen molar-refractivity contribution in [2.75, 3.05) is 6.61 Å². The van der Waals surface area contributed by atoms with Gasteiger partial charge >= 0.3 is 0 Å². The molecule has 2 rings (SSSR count). The molecule has 2 nitrogen and oxygen atoms in total. The summed E-state index contributed by atoms with van der Waals surface area (Å²) in [7, 11) is 0. The van der Waals surface area contributed by atoms with Gasteiger partial charge in [-0.25, -0.2) is 0 Å². The predicted octanol–water partition coefficient (Wildman–Crippen LogP) is 3.01. The van der Waals surface area contributed by atoms with Crippen molar-refractivity contribution in [3.05, 3.63) is 59.9 Å². The van der Waals surface area contributed by atoms with E-state index in [1.54, 1.807) is 6.20 Å². The SMILES string of the molecule is Cc1cc(OCCc2ccccc2)ccn1. The minimum atomic E-state index is 0.702. The number of rotatable bonds is 4. The Morgan fingerprint density at radius 3 is 2.69 bits per heavy atom. The van der Waals surface area contributed by atoms with Gasteiger partial charge in [-0.05, 0) is 18.6 Å². The van der Waals surface area contributed by atoms with E-state index in [4.69, 9.17) is 4.74 Å². The maximum absolute atomic E-state index is 5.65. The van der Waals surface area contributed by atoms with Gasteiger partial charge in [-0.15, -0.1) is 0 Å². The Hall–Kier alpha value is -1.83. The molecule has 1 aromatic heterocycles. The molecule has 0 saturated heterocycles. The molecule has 82 valence electrons. The van der Waals surface area contributed by atoms with Gasteiger partial charge in [0.05, 0.1) is 6.61 Å². The summed E-state index contributed by atoms with van der Waals surface area (Å²) >= 11 is 0. The molecule has 1 aromatic carbocycles. The van der Waals surface area contributed by atoms with Gasteiger partial charge in [0.1, 0.15) is 5.75 Å². The van der Waals surface area contributed by atoms with E-state index in [0.29, 0.717) is 6.61 Å². The molecule has 0 bridgehead atoms. The molecule has 0 aliphatic rings. The van der Waals surface area contributed by atoms with Crippen LogP contribution in [0.5, 0.6) is 5.75 Å². The first-order valence-electron chi connectivity index (χ1n) is 5.44. The molecule has 2 heteroatoms. The fraction of sp³-hybridized carbons (Fsp3) is 0.214. The maximum Gasteiger partial charge on any atom is 0.122 e. The lowest BCUT2D eigenvalue weighted by Gasteiger charge is -2.06. The molecule has 0 aliphatic heterocycles. The summed E-state index contributed by atoms with van der Waals surface area (Å²) in [6.07, 6.45) is 2.70. The Morgan fingerprint density at radius 1 is 1.12 bits per heavy atom. The van der Waals surface area contributed by atoms with Crippen molar-refractivity contribution >= 4 is 0 Å². The van der Waals surface area contributed by atoms with Gasteiger partial charge in [-0.2, -0.15) is 0 Å². The van der Waals surface area contributed by atoms with Crippen LogP contribution in [0.3, 0.4) is 0 Å². The third kappa shape index (κ3) is 3.09. The first-order chi connectivity index (χ1) is 7.84. The van der Waals surface area contributed by atoms with Crippen molar-refractivity contribution in [3.8, 4) is 5.75 Å². The number of benzene rings is 1. The van der Waals surface area contributed by atoms with Crippen molar-refractivity contribution in [2.24, 2.45) is 0 Å². The smallest absolute Gasteiger partial charge is 0.122 e. The van der Waals surface area contributed by atoms with E-state index < -0.39 is 0 Å². The molecule has 0 amide bonds. The lowest BCUT2D eigenvalue weighted by Crippen LogP contribution is -2.01. The van der Waals surface area contributed by atoms with E-state index in [-0.39, 0.29) is 0 Å².